The highest BCUT2D eigenvalue weighted by molar-refractivity contribution is 5.14. The summed E-state index contributed by atoms with van der Waals surface area (Å²) in [6.07, 6.45) is 4.08. The molecule has 0 amide bonds. The van der Waals surface area contributed by atoms with Gasteiger partial charge in [0.1, 0.15) is 0 Å². The first-order chi connectivity index (χ1) is 7.29. The minimum Gasteiger partial charge on any atom is -0.309 e. The van der Waals surface area contributed by atoms with Crippen LogP contribution in [0.4, 0.5) is 0 Å². The van der Waals surface area contributed by atoms with Crippen LogP contribution >= 0.6 is 0 Å². The minimum atomic E-state index is 0.461. The highest BCUT2D eigenvalue weighted by Gasteiger charge is 2.26. The van der Waals surface area contributed by atoms with Crippen LogP contribution in [0.3, 0.4) is 0 Å². The van der Waals surface area contributed by atoms with E-state index in [1.165, 1.54) is 25.0 Å². The fourth-order valence-corrected chi connectivity index (χ4v) is 2.00. The molecule has 0 bridgehead atoms. The fourth-order valence-electron chi connectivity index (χ4n) is 2.00. The number of nitrogens with zero attached hydrogens (tertiary/aromatic N) is 1. The Labute approximate surface area is 92.1 Å². The molecule has 2 rings (SSSR count). The summed E-state index contributed by atoms with van der Waals surface area (Å²) in [4.78, 5) is 4.61. The van der Waals surface area contributed by atoms with Crippen molar-refractivity contribution in [2.75, 3.05) is 6.54 Å². The van der Waals surface area contributed by atoms with Crippen molar-refractivity contribution in [1.29, 1.82) is 0 Å². The number of hydrogen-bond donors (Lipinski definition) is 1. The van der Waals surface area contributed by atoms with Gasteiger partial charge in [-0.1, -0.05) is 25.8 Å². The van der Waals surface area contributed by atoms with Crippen LogP contribution in [0.1, 0.15) is 43.6 Å². The van der Waals surface area contributed by atoms with Gasteiger partial charge in [0.25, 0.3) is 0 Å². The van der Waals surface area contributed by atoms with Gasteiger partial charge in [-0.15, -0.1) is 0 Å². The van der Waals surface area contributed by atoms with Crippen molar-refractivity contribution in [2.24, 2.45) is 5.92 Å². The molecule has 1 aromatic heterocycles. The molecule has 1 aromatic rings. The zero-order chi connectivity index (χ0) is 10.7. The van der Waals surface area contributed by atoms with E-state index >= 15 is 0 Å². The van der Waals surface area contributed by atoms with Crippen LogP contribution in [-0.2, 0) is 0 Å². The van der Waals surface area contributed by atoms with Gasteiger partial charge in [-0.2, -0.15) is 0 Å². The van der Waals surface area contributed by atoms with Crippen molar-refractivity contribution in [2.45, 2.75) is 39.2 Å². The predicted octanol–water partition coefficient (Wildman–Crippen LogP) is 2.84. The molecule has 0 radical (unpaired) electrons. The second kappa shape index (κ2) is 4.75. The van der Waals surface area contributed by atoms with Crippen LogP contribution in [0, 0.1) is 12.8 Å². The summed E-state index contributed by atoms with van der Waals surface area (Å²) in [7, 11) is 0. The third kappa shape index (κ3) is 3.03. The molecule has 0 spiro atoms. The Kier molecular flexibility index (Phi) is 3.37. The Bertz CT molecular complexity index is 318. The maximum absolute atomic E-state index is 4.61. The molecule has 1 aliphatic carbocycles. The lowest BCUT2D eigenvalue weighted by Crippen LogP contribution is -2.22. The monoisotopic (exact) mass is 204 g/mol. The summed E-state index contributed by atoms with van der Waals surface area (Å²) in [6, 6.07) is 6.77. The van der Waals surface area contributed by atoms with Crippen molar-refractivity contribution in [1.82, 2.24) is 10.3 Å². The van der Waals surface area contributed by atoms with Gasteiger partial charge in [-0.25, -0.2) is 0 Å². The predicted molar refractivity (Wildman–Crippen MR) is 62.7 cm³/mol. The Morgan fingerprint density at radius 3 is 2.87 bits per heavy atom. The van der Waals surface area contributed by atoms with Crippen LogP contribution in [-0.4, -0.2) is 11.5 Å². The molecular formula is C13H20N2. The molecule has 1 N–H and O–H groups in total. The largest absolute Gasteiger partial charge is 0.309 e. The van der Waals surface area contributed by atoms with E-state index in [0.29, 0.717) is 6.04 Å². The summed E-state index contributed by atoms with van der Waals surface area (Å²) in [5.41, 5.74) is 2.33. The number of nitrogens with one attached hydrogen (secondary N) is 1. The summed E-state index contributed by atoms with van der Waals surface area (Å²) < 4.78 is 0. The topological polar surface area (TPSA) is 24.9 Å². The fraction of sp³-hybridized carbons (Fsp3) is 0.615. The van der Waals surface area contributed by atoms with Gasteiger partial charge in [-0.05, 0) is 37.9 Å². The van der Waals surface area contributed by atoms with E-state index in [4.69, 9.17) is 0 Å². The van der Waals surface area contributed by atoms with Crippen LogP contribution in [0.5, 0.6) is 0 Å². The van der Waals surface area contributed by atoms with E-state index in [2.05, 4.69) is 42.3 Å². The first kappa shape index (κ1) is 10.6. The van der Waals surface area contributed by atoms with E-state index in [0.717, 1.165) is 18.2 Å². The lowest BCUT2D eigenvalue weighted by molar-refractivity contribution is 0.476. The van der Waals surface area contributed by atoms with Crippen molar-refractivity contribution < 1.29 is 0 Å². The molecule has 1 unspecified atom stereocenters. The number of hydrogen-bond acceptors (Lipinski definition) is 2. The van der Waals surface area contributed by atoms with Crippen molar-refractivity contribution in [3.63, 3.8) is 0 Å². The van der Waals surface area contributed by atoms with E-state index in [1.54, 1.807) is 0 Å². The van der Waals surface area contributed by atoms with Crippen molar-refractivity contribution >= 4 is 0 Å². The summed E-state index contributed by atoms with van der Waals surface area (Å²) in [5.74, 6) is 0.941. The third-order valence-corrected chi connectivity index (χ3v) is 2.98. The minimum absolute atomic E-state index is 0.461. The van der Waals surface area contributed by atoms with E-state index in [9.17, 15) is 0 Å². The zero-order valence-electron chi connectivity index (χ0n) is 9.66. The number of aromatic nitrogens is 1. The summed E-state index contributed by atoms with van der Waals surface area (Å²) >= 11 is 0. The average molecular weight is 204 g/mol. The van der Waals surface area contributed by atoms with Gasteiger partial charge < -0.3 is 5.32 Å². The number of aryl methyl sites for hydroxylation is 1. The Hall–Kier alpha value is -0.890. The molecule has 0 aromatic carbocycles. The molecule has 1 heterocycles. The Balaban J connectivity index is 2.07. The molecule has 1 saturated carbocycles. The molecule has 0 aliphatic heterocycles. The van der Waals surface area contributed by atoms with Gasteiger partial charge >= 0.3 is 0 Å². The average Bonchev–Trinajstić information content (AvgIpc) is 3.01. The number of rotatable bonds is 5. The van der Waals surface area contributed by atoms with Gasteiger partial charge in [0, 0.05) is 11.7 Å². The van der Waals surface area contributed by atoms with E-state index in [1.807, 2.05) is 0 Å². The number of pyridine rings is 1. The lowest BCUT2D eigenvalue weighted by atomic mass is 10.1. The maximum Gasteiger partial charge on any atom is 0.0576 e. The highest BCUT2D eigenvalue weighted by atomic mass is 14.9. The van der Waals surface area contributed by atoms with Crippen LogP contribution in [0.25, 0.3) is 0 Å². The summed E-state index contributed by atoms with van der Waals surface area (Å²) in [5, 5.41) is 3.53. The molecule has 2 heteroatoms. The molecule has 1 aliphatic rings. The van der Waals surface area contributed by atoms with Crippen molar-refractivity contribution in [3.8, 4) is 0 Å². The standard InChI is InChI=1S/C13H20N2/c1-3-14-13(9-11-7-8-11)12-6-4-5-10(2)15-12/h4-6,11,13-14H,3,7-9H2,1-2H3. The molecule has 2 nitrogen and oxygen atoms in total. The SMILES string of the molecule is CCNC(CC1CC1)c1cccc(C)n1. The van der Waals surface area contributed by atoms with Crippen molar-refractivity contribution in [3.05, 3.63) is 29.6 Å². The molecule has 15 heavy (non-hydrogen) atoms. The lowest BCUT2D eigenvalue weighted by Gasteiger charge is -2.17. The van der Waals surface area contributed by atoms with Gasteiger partial charge in [0.05, 0.1) is 5.69 Å². The zero-order valence-corrected chi connectivity index (χ0v) is 9.66. The highest BCUT2D eigenvalue weighted by Crippen LogP contribution is 2.37. The summed E-state index contributed by atoms with van der Waals surface area (Å²) in [6.45, 7) is 5.24. The van der Waals surface area contributed by atoms with E-state index in [-0.39, 0.29) is 0 Å². The third-order valence-electron chi connectivity index (χ3n) is 2.98. The second-order valence-electron chi connectivity index (χ2n) is 4.49. The quantitative estimate of drug-likeness (QED) is 0.797. The first-order valence-corrected chi connectivity index (χ1v) is 5.96. The first-order valence-electron chi connectivity index (χ1n) is 5.96. The molecule has 0 saturated heterocycles. The van der Waals surface area contributed by atoms with Crippen LogP contribution in [0.2, 0.25) is 0 Å². The van der Waals surface area contributed by atoms with Crippen LogP contribution in [0.15, 0.2) is 18.2 Å². The van der Waals surface area contributed by atoms with E-state index < -0.39 is 0 Å². The second-order valence-corrected chi connectivity index (χ2v) is 4.49. The molecule has 1 atom stereocenters. The normalized spacial score (nSPS) is 17.7. The Morgan fingerprint density at radius 1 is 1.47 bits per heavy atom. The molecule has 82 valence electrons. The van der Waals surface area contributed by atoms with Crippen LogP contribution < -0.4 is 5.32 Å². The Morgan fingerprint density at radius 2 is 2.27 bits per heavy atom. The smallest absolute Gasteiger partial charge is 0.0576 e. The van der Waals surface area contributed by atoms with Gasteiger partial charge in [0.15, 0.2) is 0 Å². The maximum atomic E-state index is 4.61. The molecular weight excluding hydrogens is 184 g/mol. The van der Waals surface area contributed by atoms with Gasteiger partial charge in [0.2, 0.25) is 0 Å². The van der Waals surface area contributed by atoms with Gasteiger partial charge in [-0.3, -0.25) is 4.98 Å². The molecule has 1 fully saturated rings.